The van der Waals surface area contributed by atoms with Crippen LogP contribution >= 0.6 is 11.3 Å². The zero-order valence-electron chi connectivity index (χ0n) is 11.8. The Balaban J connectivity index is 2.51. The van der Waals surface area contributed by atoms with Gasteiger partial charge in [0.05, 0.1) is 11.4 Å². The van der Waals surface area contributed by atoms with Crippen molar-refractivity contribution in [3.63, 3.8) is 0 Å². The normalized spacial score (nSPS) is 12.5. The number of thiazole rings is 1. The minimum absolute atomic E-state index is 0.0157. The topological polar surface area (TPSA) is 114 Å². The quantitative estimate of drug-likeness (QED) is 0.448. The van der Waals surface area contributed by atoms with Crippen LogP contribution in [0, 0.1) is 18.3 Å². The number of hydrazine groups is 1. The van der Waals surface area contributed by atoms with Crippen LogP contribution in [0.5, 0.6) is 0 Å². The molecule has 0 radical (unpaired) electrons. The fourth-order valence-electron chi connectivity index (χ4n) is 1.76. The van der Waals surface area contributed by atoms with Gasteiger partial charge in [0, 0.05) is 4.88 Å². The minimum Gasteiger partial charge on any atom is -0.395 e. The van der Waals surface area contributed by atoms with E-state index >= 15 is 0 Å². The largest absolute Gasteiger partial charge is 0.433 e. The molecule has 0 saturated carbocycles. The molecule has 0 aliphatic carbocycles. The monoisotopic (exact) mass is 340 g/mol. The van der Waals surface area contributed by atoms with Crippen molar-refractivity contribution in [1.82, 2.24) is 15.4 Å². The predicted molar refractivity (Wildman–Crippen MR) is 79.1 cm³/mol. The van der Waals surface area contributed by atoms with E-state index in [0.717, 1.165) is 17.4 Å². The van der Waals surface area contributed by atoms with Crippen molar-refractivity contribution in [3.8, 4) is 16.8 Å². The zero-order chi connectivity index (χ0) is 17.2. The third-order valence-corrected chi connectivity index (χ3v) is 3.83. The SMILES string of the molecule is Cc1sc(-c2cccc(C(F)(F)F)n2)nc1/C(N)=C(\C#N)NN. The molecule has 2 aromatic heterocycles. The molecule has 120 valence electrons. The fraction of sp³-hybridized carbons (Fsp3) is 0.154. The highest BCUT2D eigenvalue weighted by atomic mass is 32.1. The molecular weight excluding hydrogens is 329 g/mol. The van der Waals surface area contributed by atoms with Crippen molar-refractivity contribution in [1.29, 1.82) is 5.26 Å². The van der Waals surface area contributed by atoms with Crippen LogP contribution in [0.4, 0.5) is 13.2 Å². The fourth-order valence-corrected chi connectivity index (χ4v) is 2.65. The number of alkyl halides is 3. The molecule has 0 fully saturated rings. The Morgan fingerprint density at radius 3 is 2.61 bits per heavy atom. The van der Waals surface area contributed by atoms with Crippen LogP contribution in [0.15, 0.2) is 23.9 Å². The first kappa shape index (κ1) is 16.7. The zero-order valence-corrected chi connectivity index (χ0v) is 12.6. The first-order valence-electron chi connectivity index (χ1n) is 6.16. The molecule has 6 nitrogen and oxygen atoms in total. The molecule has 2 aromatic rings. The molecule has 0 saturated heterocycles. The van der Waals surface area contributed by atoms with E-state index in [1.165, 1.54) is 12.1 Å². The molecule has 0 unspecified atom stereocenters. The van der Waals surface area contributed by atoms with Gasteiger partial charge >= 0.3 is 6.18 Å². The second-order valence-electron chi connectivity index (χ2n) is 4.37. The van der Waals surface area contributed by atoms with Gasteiger partial charge in [-0.1, -0.05) is 6.07 Å². The number of pyridine rings is 1. The predicted octanol–water partition coefficient (Wildman–Crippen LogP) is 2.15. The average molecular weight is 340 g/mol. The Labute approximate surface area is 133 Å². The number of nitriles is 1. The lowest BCUT2D eigenvalue weighted by Gasteiger charge is -2.06. The maximum absolute atomic E-state index is 12.7. The van der Waals surface area contributed by atoms with Gasteiger partial charge in [0.25, 0.3) is 0 Å². The molecular formula is C13H11F3N6S. The summed E-state index contributed by atoms with van der Waals surface area (Å²) in [5.74, 6) is 5.19. The third-order valence-electron chi connectivity index (χ3n) is 2.84. The van der Waals surface area contributed by atoms with Crippen molar-refractivity contribution in [2.75, 3.05) is 0 Å². The molecule has 0 bridgehead atoms. The first-order valence-corrected chi connectivity index (χ1v) is 6.98. The summed E-state index contributed by atoms with van der Waals surface area (Å²) in [5, 5.41) is 9.17. The third kappa shape index (κ3) is 3.41. The summed E-state index contributed by atoms with van der Waals surface area (Å²) in [7, 11) is 0. The molecule has 10 heteroatoms. The molecule has 0 spiro atoms. The van der Waals surface area contributed by atoms with Gasteiger partial charge in [-0.15, -0.1) is 11.3 Å². The van der Waals surface area contributed by atoms with E-state index in [4.69, 9.17) is 16.8 Å². The number of hydrogen-bond acceptors (Lipinski definition) is 7. The lowest BCUT2D eigenvalue weighted by Crippen LogP contribution is -2.23. The Hall–Kier alpha value is -2.64. The van der Waals surface area contributed by atoms with E-state index in [9.17, 15) is 13.2 Å². The van der Waals surface area contributed by atoms with E-state index in [0.29, 0.717) is 4.88 Å². The molecule has 23 heavy (non-hydrogen) atoms. The second-order valence-corrected chi connectivity index (χ2v) is 5.58. The minimum atomic E-state index is -4.54. The molecule has 0 amide bonds. The van der Waals surface area contributed by atoms with E-state index in [1.807, 2.05) is 0 Å². The number of halogens is 3. The van der Waals surface area contributed by atoms with Gasteiger partial charge in [0.2, 0.25) is 0 Å². The highest BCUT2D eigenvalue weighted by molar-refractivity contribution is 7.15. The summed E-state index contributed by atoms with van der Waals surface area (Å²) in [6.07, 6.45) is -4.54. The van der Waals surface area contributed by atoms with Gasteiger partial charge in [0.15, 0.2) is 5.70 Å². The maximum Gasteiger partial charge on any atom is 0.433 e. The average Bonchev–Trinajstić information content (AvgIpc) is 2.89. The second kappa shape index (κ2) is 6.23. The standard InChI is InChI=1S/C13H11F3N6S/c1-6-11(10(18)8(5-17)22-19)21-12(23-6)7-3-2-4-9(20-7)13(14,15)16/h2-4,22H,18-19H2,1H3/b10-8-. The number of rotatable bonds is 3. The summed E-state index contributed by atoms with van der Waals surface area (Å²) in [6.45, 7) is 1.68. The van der Waals surface area contributed by atoms with Crippen LogP contribution in [0.3, 0.4) is 0 Å². The van der Waals surface area contributed by atoms with Crippen molar-refractivity contribution >= 4 is 17.0 Å². The van der Waals surface area contributed by atoms with Crippen molar-refractivity contribution in [2.45, 2.75) is 13.1 Å². The van der Waals surface area contributed by atoms with Crippen LogP contribution in [-0.2, 0) is 6.18 Å². The van der Waals surface area contributed by atoms with E-state index in [-0.39, 0.29) is 27.8 Å². The lowest BCUT2D eigenvalue weighted by molar-refractivity contribution is -0.141. The molecule has 2 rings (SSSR count). The van der Waals surface area contributed by atoms with Crippen molar-refractivity contribution < 1.29 is 13.2 Å². The molecule has 0 aliphatic rings. The van der Waals surface area contributed by atoms with Gasteiger partial charge in [0.1, 0.15) is 22.5 Å². The molecule has 0 aromatic carbocycles. The maximum atomic E-state index is 12.7. The Morgan fingerprint density at radius 2 is 2.04 bits per heavy atom. The van der Waals surface area contributed by atoms with E-state index in [2.05, 4.69) is 15.4 Å². The Bertz CT molecular complexity index is 803. The highest BCUT2D eigenvalue weighted by Gasteiger charge is 2.32. The number of nitrogens with zero attached hydrogens (tertiary/aromatic N) is 3. The summed E-state index contributed by atoms with van der Waals surface area (Å²) < 4.78 is 38.2. The van der Waals surface area contributed by atoms with E-state index in [1.54, 1.807) is 13.0 Å². The molecule has 0 atom stereocenters. The number of nitrogens with two attached hydrogens (primary N) is 2. The summed E-state index contributed by atoms with van der Waals surface area (Å²) in [4.78, 5) is 8.38. The first-order chi connectivity index (χ1) is 10.8. The molecule has 5 N–H and O–H groups in total. The van der Waals surface area contributed by atoms with Gasteiger partial charge < -0.3 is 11.2 Å². The number of nitrogens with one attached hydrogen (secondary N) is 1. The Morgan fingerprint density at radius 1 is 1.35 bits per heavy atom. The van der Waals surface area contributed by atoms with E-state index < -0.39 is 11.9 Å². The molecule has 0 aliphatic heterocycles. The number of allylic oxidation sites excluding steroid dienone is 1. The summed E-state index contributed by atoms with van der Waals surface area (Å²) in [5.41, 5.74) is 7.24. The van der Waals surface area contributed by atoms with Gasteiger partial charge in [-0.25, -0.2) is 15.8 Å². The highest BCUT2D eigenvalue weighted by Crippen LogP contribution is 2.32. The van der Waals surface area contributed by atoms with Crippen LogP contribution in [0.2, 0.25) is 0 Å². The smallest absolute Gasteiger partial charge is 0.395 e. The van der Waals surface area contributed by atoms with Gasteiger partial charge in [-0.05, 0) is 19.1 Å². The molecule has 2 heterocycles. The van der Waals surface area contributed by atoms with Gasteiger partial charge in [-0.2, -0.15) is 18.4 Å². The van der Waals surface area contributed by atoms with Crippen LogP contribution in [0.1, 0.15) is 16.3 Å². The summed E-state index contributed by atoms with van der Waals surface area (Å²) >= 11 is 1.12. The lowest BCUT2D eigenvalue weighted by atomic mass is 10.2. The number of aromatic nitrogens is 2. The number of hydrogen-bond donors (Lipinski definition) is 3. The van der Waals surface area contributed by atoms with Crippen molar-refractivity contribution in [2.24, 2.45) is 11.6 Å². The van der Waals surface area contributed by atoms with Crippen molar-refractivity contribution in [3.05, 3.63) is 40.2 Å². The van der Waals surface area contributed by atoms with Crippen LogP contribution < -0.4 is 17.0 Å². The van der Waals surface area contributed by atoms with Crippen LogP contribution in [-0.4, -0.2) is 9.97 Å². The Kier molecular flexibility index (Phi) is 4.53. The number of aryl methyl sites for hydroxylation is 1. The van der Waals surface area contributed by atoms with Crippen LogP contribution in [0.25, 0.3) is 16.4 Å². The van der Waals surface area contributed by atoms with Gasteiger partial charge in [-0.3, -0.25) is 0 Å². The summed E-state index contributed by atoms with van der Waals surface area (Å²) in [6, 6.07) is 5.33.